The van der Waals surface area contributed by atoms with Gasteiger partial charge in [0.05, 0.1) is 18.5 Å². The Bertz CT molecular complexity index is 315. The monoisotopic (exact) mass is 182 g/mol. The van der Waals surface area contributed by atoms with E-state index in [1.807, 2.05) is 0 Å². The van der Waals surface area contributed by atoms with Gasteiger partial charge in [0.2, 0.25) is 0 Å². The first-order valence-corrected chi connectivity index (χ1v) is 4.13. The zero-order valence-corrected chi connectivity index (χ0v) is 6.99. The van der Waals surface area contributed by atoms with Crippen LogP contribution in [0.5, 0.6) is 0 Å². The number of aromatic nitrogens is 2. The van der Waals surface area contributed by atoms with Crippen LogP contribution < -0.4 is 0 Å². The summed E-state index contributed by atoms with van der Waals surface area (Å²) in [5, 5.41) is 15.3. The molecule has 0 spiro atoms. The zero-order chi connectivity index (χ0) is 9.26. The third kappa shape index (κ3) is 1.42. The lowest BCUT2D eigenvalue weighted by Crippen LogP contribution is -2.05. The van der Waals surface area contributed by atoms with Gasteiger partial charge in [-0.3, -0.25) is 5.10 Å². The minimum atomic E-state index is -0.935. The number of nitrogens with one attached hydrogen (secondary N) is 1. The Morgan fingerprint density at radius 2 is 2.62 bits per heavy atom. The SMILES string of the molecule is O=C(O)c1cn[nH]c1[C@@H]1CCOC1. The van der Waals surface area contributed by atoms with Crippen molar-refractivity contribution in [1.82, 2.24) is 10.2 Å². The fourth-order valence-electron chi connectivity index (χ4n) is 1.54. The van der Waals surface area contributed by atoms with Crippen molar-refractivity contribution in [3.63, 3.8) is 0 Å². The predicted octanol–water partition coefficient (Wildman–Crippen LogP) is 0.612. The van der Waals surface area contributed by atoms with Crippen LogP contribution in [0.1, 0.15) is 28.4 Å². The minimum absolute atomic E-state index is 0.161. The minimum Gasteiger partial charge on any atom is -0.478 e. The molecule has 1 aliphatic heterocycles. The third-order valence-electron chi connectivity index (χ3n) is 2.24. The molecule has 2 rings (SSSR count). The Morgan fingerprint density at radius 1 is 1.77 bits per heavy atom. The van der Waals surface area contributed by atoms with E-state index >= 15 is 0 Å². The molecule has 1 fully saturated rings. The summed E-state index contributed by atoms with van der Waals surface area (Å²) in [7, 11) is 0. The molecule has 0 radical (unpaired) electrons. The molecule has 0 amide bonds. The van der Waals surface area contributed by atoms with Crippen molar-refractivity contribution in [3.8, 4) is 0 Å². The molecular formula is C8H10N2O3. The molecule has 1 saturated heterocycles. The summed E-state index contributed by atoms with van der Waals surface area (Å²) in [4.78, 5) is 10.7. The van der Waals surface area contributed by atoms with E-state index in [1.54, 1.807) is 0 Å². The number of aromatic amines is 1. The summed E-state index contributed by atoms with van der Waals surface area (Å²) >= 11 is 0. The number of aromatic carboxylic acids is 1. The molecule has 0 bridgehead atoms. The van der Waals surface area contributed by atoms with Crippen LogP contribution in [0.25, 0.3) is 0 Å². The van der Waals surface area contributed by atoms with Gasteiger partial charge in [-0.15, -0.1) is 0 Å². The summed E-state index contributed by atoms with van der Waals surface area (Å²) in [5.41, 5.74) is 0.945. The van der Waals surface area contributed by atoms with Gasteiger partial charge in [-0.2, -0.15) is 5.10 Å². The first-order valence-electron chi connectivity index (χ1n) is 4.13. The predicted molar refractivity (Wildman–Crippen MR) is 43.7 cm³/mol. The molecule has 1 aliphatic rings. The van der Waals surface area contributed by atoms with E-state index < -0.39 is 5.97 Å². The maximum atomic E-state index is 10.7. The molecule has 5 nitrogen and oxygen atoms in total. The number of carbonyl (C=O) groups is 1. The van der Waals surface area contributed by atoms with Gasteiger partial charge >= 0.3 is 5.97 Å². The molecule has 0 aliphatic carbocycles. The Labute approximate surface area is 74.7 Å². The summed E-state index contributed by atoms with van der Waals surface area (Å²) in [6.45, 7) is 1.28. The number of H-pyrrole nitrogens is 1. The molecule has 1 aromatic heterocycles. The highest BCUT2D eigenvalue weighted by molar-refractivity contribution is 5.88. The molecule has 5 heteroatoms. The molecule has 13 heavy (non-hydrogen) atoms. The largest absolute Gasteiger partial charge is 0.478 e. The second-order valence-electron chi connectivity index (χ2n) is 3.06. The number of ether oxygens (including phenoxy) is 1. The van der Waals surface area contributed by atoms with Crippen LogP contribution in [-0.2, 0) is 4.74 Å². The highest BCUT2D eigenvalue weighted by Crippen LogP contribution is 2.25. The molecule has 2 N–H and O–H groups in total. The Balaban J connectivity index is 2.28. The van der Waals surface area contributed by atoms with E-state index in [9.17, 15) is 4.79 Å². The second-order valence-corrected chi connectivity index (χ2v) is 3.06. The quantitative estimate of drug-likeness (QED) is 0.702. The first kappa shape index (κ1) is 8.25. The van der Waals surface area contributed by atoms with Gasteiger partial charge in [-0.25, -0.2) is 4.79 Å². The van der Waals surface area contributed by atoms with Crippen molar-refractivity contribution in [2.75, 3.05) is 13.2 Å². The lowest BCUT2D eigenvalue weighted by atomic mass is 10.0. The van der Waals surface area contributed by atoms with Gasteiger partial charge in [-0.1, -0.05) is 0 Å². The molecular weight excluding hydrogens is 172 g/mol. The Kier molecular flexibility index (Phi) is 2.02. The maximum absolute atomic E-state index is 10.7. The number of carboxylic acids is 1. The molecule has 1 aromatic rings. The van der Waals surface area contributed by atoms with E-state index in [2.05, 4.69) is 10.2 Å². The van der Waals surface area contributed by atoms with Gasteiger partial charge in [0.25, 0.3) is 0 Å². The molecule has 0 unspecified atom stereocenters. The van der Waals surface area contributed by atoms with Gasteiger partial charge in [0.1, 0.15) is 5.56 Å². The van der Waals surface area contributed by atoms with Crippen LogP contribution in [-0.4, -0.2) is 34.5 Å². The van der Waals surface area contributed by atoms with Crippen molar-refractivity contribution in [3.05, 3.63) is 17.5 Å². The van der Waals surface area contributed by atoms with Crippen molar-refractivity contribution in [1.29, 1.82) is 0 Å². The van der Waals surface area contributed by atoms with Crippen LogP contribution in [0.15, 0.2) is 6.20 Å². The molecule has 1 atom stereocenters. The average Bonchev–Trinajstić information content (AvgIpc) is 2.74. The fourth-order valence-corrected chi connectivity index (χ4v) is 1.54. The van der Waals surface area contributed by atoms with E-state index in [-0.39, 0.29) is 11.5 Å². The molecule has 0 saturated carbocycles. The van der Waals surface area contributed by atoms with Crippen LogP contribution in [0, 0.1) is 0 Å². The van der Waals surface area contributed by atoms with Crippen molar-refractivity contribution >= 4 is 5.97 Å². The van der Waals surface area contributed by atoms with E-state index in [1.165, 1.54) is 6.20 Å². The highest BCUT2D eigenvalue weighted by Gasteiger charge is 2.24. The smallest absolute Gasteiger partial charge is 0.339 e. The van der Waals surface area contributed by atoms with Crippen molar-refractivity contribution in [2.45, 2.75) is 12.3 Å². The third-order valence-corrected chi connectivity index (χ3v) is 2.24. The lowest BCUT2D eigenvalue weighted by molar-refractivity contribution is 0.0695. The van der Waals surface area contributed by atoms with E-state index in [0.29, 0.717) is 18.9 Å². The number of rotatable bonds is 2. The summed E-state index contributed by atoms with van der Waals surface area (Å²) in [6.07, 6.45) is 2.21. The van der Waals surface area contributed by atoms with Crippen molar-refractivity contribution in [2.24, 2.45) is 0 Å². The Morgan fingerprint density at radius 3 is 3.23 bits per heavy atom. The average molecular weight is 182 g/mol. The van der Waals surface area contributed by atoms with Crippen molar-refractivity contribution < 1.29 is 14.6 Å². The second kappa shape index (κ2) is 3.18. The number of hydrogen-bond donors (Lipinski definition) is 2. The van der Waals surface area contributed by atoms with Gasteiger partial charge in [-0.05, 0) is 6.42 Å². The van der Waals surface area contributed by atoms with E-state index in [4.69, 9.17) is 9.84 Å². The van der Waals surface area contributed by atoms with Crippen LogP contribution >= 0.6 is 0 Å². The zero-order valence-electron chi connectivity index (χ0n) is 6.99. The fraction of sp³-hybridized carbons (Fsp3) is 0.500. The number of nitrogens with zero attached hydrogens (tertiary/aromatic N) is 1. The summed E-state index contributed by atoms with van der Waals surface area (Å²) in [5.74, 6) is -0.774. The van der Waals surface area contributed by atoms with Gasteiger partial charge in [0, 0.05) is 12.5 Å². The topological polar surface area (TPSA) is 75.2 Å². The van der Waals surface area contributed by atoms with Crippen LogP contribution in [0.2, 0.25) is 0 Å². The first-order chi connectivity index (χ1) is 6.29. The van der Waals surface area contributed by atoms with Crippen LogP contribution in [0.4, 0.5) is 0 Å². The summed E-state index contributed by atoms with van der Waals surface area (Å²) < 4.78 is 5.17. The maximum Gasteiger partial charge on any atom is 0.339 e. The molecule has 70 valence electrons. The molecule has 2 heterocycles. The van der Waals surface area contributed by atoms with Gasteiger partial charge < -0.3 is 9.84 Å². The highest BCUT2D eigenvalue weighted by atomic mass is 16.5. The number of carboxylic acid groups (broad SMARTS) is 1. The Hall–Kier alpha value is -1.36. The van der Waals surface area contributed by atoms with Gasteiger partial charge in [0.15, 0.2) is 0 Å². The number of hydrogen-bond acceptors (Lipinski definition) is 3. The molecule has 0 aromatic carbocycles. The standard InChI is InChI=1S/C8H10N2O3/c11-8(12)6-3-9-10-7(6)5-1-2-13-4-5/h3,5H,1-2,4H2,(H,9,10)(H,11,12)/t5-/m1/s1. The summed E-state index contributed by atoms with van der Waals surface area (Å²) in [6, 6.07) is 0. The van der Waals surface area contributed by atoms with E-state index in [0.717, 1.165) is 6.42 Å². The lowest BCUT2D eigenvalue weighted by Gasteiger charge is -2.04. The van der Waals surface area contributed by atoms with Crippen LogP contribution in [0.3, 0.4) is 0 Å². The normalized spacial score (nSPS) is 22.0.